The van der Waals surface area contributed by atoms with Crippen LogP contribution in [0.3, 0.4) is 0 Å². The van der Waals surface area contributed by atoms with Gasteiger partial charge in [0, 0.05) is 20.1 Å². The zero-order chi connectivity index (χ0) is 16.8. The largest absolute Gasteiger partial charge is 0.357 e. The van der Waals surface area contributed by atoms with Gasteiger partial charge in [0.25, 0.3) is 0 Å². The SMILES string of the molecule is CCNC(=NCCC1CC1)N(C)Cc1ncc(-c2ccccc2)[nH]1.I. The average Bonchev–Trinajstić information content (AvgIpc) is 3.31. The highest BCUT2D eigenvalue weighted by atomic mass is 127. The van der Waals surface area contributed by atoms with Crippen LogP contribution in [-0.4, -0.2) is 41.0 Å². The van der Waals surface area contributed by atoms with Gasteiger partial charge in [-0.1, -0.05) is 43.2 Å². The number of aromatic amines is 1. The summed E-state index contributed by atoms with van der Waals surface area (Å²) in [5.41, 5.74) is 2.21. The van der Waals surface area contributed by atoms with Crippen LogP contribution in [0.5, 0.6) is 0 Å². The van der Waals surface area contributed by atoms with Gasteiger partial charge >= 0.3 is 0 Å². The summed E-state index contributed by atoms with van der Waals surface area (Å²) in [4.78, 5) is 14.8. The van der Waals surface area contributed by atoms with Gasteiger partial charge in [-0.05, 0) is 24.8 Å². The molecule has 1 fully saturated rings. The van der Waals surface area contributed by atoms with Crippen LogP contribution in [0, 0.1) is 5.92 Å². The standard InChI is InChI=1S/C19H27N5.HI/c1-3-20-19(21-12-11-15-9-10-15)24(2)14-18-22-13-17(23-18)16-7-5-4-6-8-16;/h4-8,13,15H,3,9-12,14H2,1-2H3,(H,20,21)(H,22,23);1H. The Hall–Kier alpha value is -1.57. The van der Waals surface area contributed by atoms with Crippen molar-refractivity contribution in [2.24, 2.45) is 10.9 Å². The minimum Gasteiger partial charge on any atom is -0.357 e. The lowest BCUT2D eigenvalue weighted by Crippen LogP contribution is -2.38. The van der Waals surface area contributed by atoms with E-state index < -0.39 is 0 Å². The first-order valence-electron chi connectivity index (χ1n) is 8.85. The molecule has 6 heteroatoms. The lowest BCUT2D eigenvalue weighted by atomic mass is 10.2. The highest BCUT2D eigenvalue weighted by molar-refractivity contribution is 14.0. The van der Waals surface area contributed by atoms with Crippen LogP contribution < -0.4 is 5.32 Å². The molecular formula is C19H28IN5. The van der Waals surface area contributed by atoms with Gasteiger partial charge in [0.15, 0.2) is 5.96 Å². The van der Waals surface area contributed by atoms with E-state index >= 15 is 0 Å². The third-order valence-electron chi connectivity index (χ3n) is 4.29. The Kier molecular flexibility index (Phi) is 7.74. The third kappa shape index (κ3) is 6.02. The molecule has 0 aliphatic heterocycles. The molecule has 1 heterocycles. The number of hydrogen-bond donors (Lipinski definition) is 2. The molecular weight excluding hydrogens is 425 g/mol. The van der Waals surface area contributed by atoms with Crippen LogP contribution in [0.4, 0.5) is 0 Å². The molecule has 2 N–H and O–H groups in total. The van der Waals surface area contributed by atoms with Gasteiger partial charge in [0.1, 0.15) is 5.82 Å². The molecule has 2 aromatic rings. The van der Waals surface area contributed by atoms with E-state index in [4.69, 9.17) is 4.99 Å². The van der Waals surface area contributed by atoms with Crippen molar-refractivity contribution in [1.29, 1.82) is 0 Å². The van der Waals surface area contributed by atoms with Crippen molar-refractivity contribution >= 4 is 29.9 Å². The van der Waals surface area contributed by atoms with Crippen LogP contribution in [0.15, 0.2) is 41.5 Å². The summed E-state index contributed by atoms with van der Waals surface area (Å²) < 4.78 is 0. The van der Waals surface area contributed by atoms with Crippen LogP contribution in [-0.2, 0) is 6.54 Å². The summed E-state index contributed by atoms with van der Waals surface area (Å²) in [7, 11) is 2.06. The summed E-state index contributed by atoms with van der Waals surface area (Å²) in [5, 5.41) is 3.37. The molecule has 0 radical (unpaired) electrons. The van der Waals surface area contributed by atoms with Crippen molar-refractivity contribution in [3.05, 3.63) is 42.4 Å². The molecule has 136 valence electrons. The van der Waals surface area contributed by atoms with Crippen LogP contribution >= 0.6 is 24.0 Å². The fraction of sp³-hybridized carbons (Fsp3) is 0.474. The van der Waals surface area contributed by atoms with Crippen molar-refractivity contribution < 1.29 is 0 Å². The van der Waals surface area contributed by atoms with E-state index in [1.165, 1.54) is 19.3 Å². The van der Waals surface area contributed by atoms with Gasteiger partial charge in [0.2, 0.25) is 0 Å². The molecule has 0 amide bonds. The maximum atomic E-state index is 4.74. The smallest absolute Gasteiger partial charge is 0.194 e. The zero-order valence-corrected chi connectivity index (χ0v) is 17.4. The predicted octanol–water partition coefficient (Wildman–Crippen LogP) is 3.89. The van der Waals surface area contributed by atoms with Gasteiger partial charge in [-0.3, -0.25) is 4.99 Å². The second-order valence-electron chi connectivity index (χ2n) is 6.43. The van der Waals surface area contributed by atoms with Crippen LogP contribution in [0.2, 0.25) is 0 Å². The van der Waals surface area contributed by atoms with Crippen molar-refractivity contribution in [1.82, 2.24) is 20.2 Å². The first-order valence-corrected chi connectivity index (χ1v) is 8.85. The lowest BCUT2D eigenvalue weighted by Gasteiger charge is -2.21. The van der Waals surface area contributed by atoms with Crippen molar-refractivity contribution in [3.63, 3.8) is 0 Å². The Bertz CT molecular complexity index is 663. The first-order chi connectivity index (χ1) is 11.8. The number of halogens is 1. The molecule has 1 aliphatic carbocycles. The van der Waals surface area contributed by atoms with E-state index in [0.717, 1.165) is 42.0 Å². The summed E-state index contributed by atoms with van der Waals surface area (Å²) in [6, 6.07) is 10.3. The van der Waals surface area contributed by atoms with Crippen LogP contribution in [0.25, 0.3) is 11.3 Å². The first kappa shape index (κ1) is 19.8. The normalized spacial score (nSPS) is 14.1. The highest BCUT2D eigenvalue weighted by Gasteiger charge is 2.20. The summed E-state index contributed by atoms with van der Waals surface area (Å²) in [6.07, 6.45) is 5.88. The van der Waals surface area contributed by atoms with E-state index in [-0.39, 0.29) is 24.0 Å². The van der Waals surface area contributed by atoms with Gasteiger partial charge in [0.05, 0.1) is 18.4 Å². The molecule has 1 aliphatic rings. The maximum absolute atomic E-state index is 4.74. The molecule has 1 saturated carbocycles. The molecule has 0 spiro atoms. The second-order valence-corrected chi connectivity index (χ2v) is 6.43. The summed E-state index contributed by atoms with van der Waals surface area (Å²) in [6.45, 7) is 4.59. The predicted molar refractivity (Wildman–Crippen MR) is 114 cm³/mol. The summed E-state index contributed by atoms with van der Waals surface area (Å²) >= 11 is 0. The minimum atomic E-state index is 0. The number of benzene rings is 1. The van der Waals surface area contributed by atoms with Crippen molar-refractivity contribution in [3.8, 4) is 11.3 Å². The van der Waals surface area contributed by atoms with E-state index in [9.17, 15) is 0 Å². The lowest BCUT2D eigenvalue weighted by molar-refractivity contribution is 0.463. The topological polar surface area (TPSA) is 56.3 Å². The number of aliphatic imine (C=N–C) groups is 1. The van der Waals surface area contributed by atoms with Crippen molar-refractivity contribution in [2.45, 2.75) is 32.7 Å². The highest BCUT2D eigenvalue weighted by Crippen LogP contribution is 2.32. The number of H-pyrrole nitrogens is 1. The molecule has 3 rings (SSSR count). The monoisotopic (exact) mass is 453 g/mol. The van der Waals surface area contributed by atoms with E-state index in [2.05, 4.69) is 46.3 Å². The minimum absolute atomic E-state index is 0. The molecule has 1 aromatic heterocycles. The van der Waals surface area contributed by atoms with Gasteiger partial charge in [-0.2, -0.15) is 0 Å². The Morgan fingerprint density at radius 3 is 2.76 bits per heavy atom. The fourth-order valence-corrected chi connectivity index (χ4v) is 2.74. The average molecular weight is 453 g/mol. The van der Waals surface area contributed by atoms with E-state index in [0.29, 0.717) is 6.54 Å². The number of aromatic nitrogens is 2. The number of rotatable bonds is 7. The Morgan fingerprint density at radius 1 is 1.32 bits per heavy atom. The fourth-order valence-electron chi connectivity index (χ4n) is 2.74. The van der Waals surface area contributed by atoms with Gasteiger partial charge in [-0.15, -0.1) is 24.0 Å². The molecule has 0 bridgehead atoms. The molecule has 0 atom stereocenters. The summed E-state index contributed by atoms with van der Waals surface area (Å²) in [5.74, 6) is 2.82. The Labute approximate surface area is 167 Å². The van der Waals surface area contributed by atoms with Crippen molar-refractivity contribution in [2.75, 3.05) is 20.1 Å². The number of hydrogen-bond acceptors (Lipinski definition) is 2. The molecule has 1 aromatic carbocycles. The number of nitrogens with zero attached hydrogens (tertiary/aromatic N) is 3. The number of nitrogens with one attached hydrogen (secondary N) is 2. The molecule has 5 nitrogen and oxygen atoms in total. The van der Waals surface area contributed by atoms with Gasteiger partial charge in [-0.25, -0.2) is 4.98 Å². The quantitative estimate of drug-likeness (QED) is 0.380. The van der Waals surface area contributed by atoms with Crippen LogP contribution in [0.1, 0.15) is 32.0 Å². The Morgan fingerprint density at radius 2 is 2.08 bits per heavy atom. The Balaban J connectivity index is 0.00000225. The second kappa shape index (κ2) is 9.79. The molecule has 0 saturated heterocycles. The van der Waals surface area contributed by atoms with Gasteiger partial charge < -0.3 is 15.2 Å². The van der Waals surface area contributed by atoms with E-state index in [1.807, 2.05) is 24.4 Å². The number of imidazole rings is 1. The molecule has 25 heavy (non-hydrogen) atoms. The maximum Gasteiger partial charge on any atom is 0.194 e. The van der Waals surface area contributed by atoms with E-state index in [1.54, 1.807) is 0 Å². The third-order valence-corrected chi connectivity index (χ3v) is 4.29. The number of guanidine groups is 1. The zero-order valence-electron chi connectivity index (χ0n) is 15.0. The molecule has 0 unspecified atom stereocenters.